The third-order valence-electron chi connectivity index (χ3n) is 2.20. The van der Waals surface area contributed by atoms with Gasteiger partial charge in [0.15, 0.2) is 0 Å². The van der Waals surface area contributed by atoms with Gasteiger partial charge in [-0.3, -0.25) is 0 Å². The van der Waals surface area contributed by atoms with Crippen LogP contribution in [0.3, 0.4) is 0 Å². The molecule has 0 aromatic heterocycles. The van der Waals surface area contributed by atoms with E-state index in [4.69, 9.17) is 10.2 Å². The summed E-state index contributed by atoms with van der Waals surface area (Å²) in [6.45, 7) is 6.25. The quantitative estimate of drug-likeness (QED) is 0.452. The Bertz CT molecular complexity index is 183. The van der Waals surface area contributed by atoms with Crippen LogP contribution < -0.4 is 0 Å². The van der Waals surface area contributed by atoms with Gasteiger partial charge in [-0.25, -0.2) is 0 Å². The SMILES string of the molecule is C=C(CCC(O)C(C)(C)O)[C@@H](O)CO. The summed E-state index contributed by atoms with van der Waals surface area (Å²) >= 11 is 0. The molecule has 4 nitrogen and oxygen atoms in total. The Morgan fingerprint density at radius 3 is 2.21 bits per heavy atom. The molecule has 0 radical (unpaired) electrons. The van der Waals surface area contributed by atoms with Crippen molar-refractivity contribution in [3.05, 3.63) is 12.2 Å². The van der Waals surface area contributed by atoms with Crippen LogP contribution in [0.4, 0.5) is 0 Å². The minimum absolute atomic E-state index is 0.319. The van der Waals surface area contributed by atoms with E-state index in [0.29, 0.717) is 18.4 Å². The maximum atomic E-state index is 9.45. The average molecular weight is 204 g/mol. The van der Waals surface area contributed by atoms with E-state index in [-0.39, 0.29) is 6.61 Å². The number of hydrogen-bond donors (Lipinski definition) is 4. The van der Waals surface area contributed by atoms with Gasteiger partial charge in [0.2, 0.25) is 0 Å². The van der Waals surface area contributed by atoms with E-state index in [2.05, 4.69) is 6.58 Å². The molecule has 0 spiro atoms. The van der Waals surface area contributed by atoms with Gasteiger partial charge in [0.1, 0.15) is 0 Å². The molecular weight excluding hydrogens is 184 g/mol. The molecule has 0 amide bonds. The maximum absolute atomic E-state index is 9.45. The van der Waals surface area contributed by atoms with Gasteiger partial charge < -0.3 is 20.4 Å². The lowest BCUT2D eigenvalue weighted by molar-refractivity contribution is -0.0515. The minimum Gasteiger partial charge on any atom is -0.393 e. The first kappa shape index (κ1) is 13.6. The maximum Gasteiger partial charge on any atom is 0.0978 e. The van der Waals surface area contributed by atoms with Gasteiger partial charge in [-0.15, -0.1) is 0 Å². The molecule has 0 aromatic rings. The molecule has 84 valence electrons. The summed E-state index contributed by atoms with van der Waals surface area (Å²) in [6, 6.07) is 0. The van der Waals surface area contributed by atoms with Crippen molar-refractivity contribution in [3.8, 4) is 0 Å². The second-order valence-electron chi connectivity index (χ2n) is 4.06. The summed E-state index contributed by atoms with van der Waals surface area (Å²) in [5.41, 5.74) is -0.680. The molecule has 0 rings (SSSR count). The van der Waals surface area contributed by atoms with Crippen molar-refractivity contribution in [1.29, 1.82) is 0 Å². The number of aliphatic hydroxyl groups excluding tert-OH is 3. The zero-order valence-corrected chi connectivity index (χ0v) is 8.77. The third-order valence-corrected chi connectivity index (χ3v) is 2.20. The standard InChI is InChI=1S/C10H20O4/c1-7(8(12)6-11)4-5-9(13)10(2,3)14/h8-9,11-14H,1,4-6H2,2-3H3/t8-,9?/m0/s1. The van der Waals surface area contributed by atoms with E-state index >= 15 is 0 Å². The van der Waals surface area contributed by atoms with Crippen LogP contribution in [0.2, 0.25) is 0 Å². The Hall–Kier alpha value is -0.420. The first-order chi connectivity index (χ1) is 6.29. The van der Waals surface area contributed by atoms with Crippen LogP contribution in [0.15, 0.2) is 12.2 Å². The minimum atomic E-state index is -1.15. The fourth-order valence-corrected chi connectivity index (χ4v) is 0.971. The fourth-order valence-electron chi connectivity index (χ4n) is 0.971. The van der Waals surface area contributed by atoms with E-state index < -0.39 is 17.8 Å². The van der Waals surface area contributed by atoms with Crippen LogP contribution >= 0.6 is 0 Å². The lowest BCUT2D eigenvalue weighted by atomic mass is 9.95. The highest BCUT2D eigenvalue weighted by molar-refractivity contribution is 5.02. The van der Waals surface area contributed by atoms with Crippen LogP contribution in [0, 0.1) is 0 Å². The Kier molecular flexibility index (Phi) is 5.29. The molecule has 4 N–H and O–H groups in total. The van der Waals surface area contributed by atoms with Crippen LogP contribution in [0.25, 0.3) is 0 Å². The van der Waals surface area contributed by atoms with E-state index in [0.717, 1.165) is 0 Å². The highest BCUT2D eigenvalue weighted by atomic mass is 16.3. The van der Waals surface area contributed by atoms with Crippen molar-refractivity contribution < 1.29 is 20.4 Å². The van der Waals surface area contributed by atoms with Gasteiger partial charge in [0, 0.05) is 0 Å². The molecule has 1 unspecified atom stereocenters. The van der Waals surface area contributed by atoms with Gasteiger partial charge in [0.25, 0.3) is 0 Å². The van der Waals surface area contributed by atoms with Crippen molar-refractivity contribution in [3.63, 3.8) is 0 Å². The van der Waals surface area contributed by atoms with Gasteiger partial charge in [-0.2, -0.15) is 0 Å². The Balaban J connectivity index is 3.89. The largest absolute Gasteiger partial charge is 0.393 e. The van der Waals surface area contributed by atoms with E-state index in [1.165, 1.54) is 13.8 Å². The zero-order chi connectivity index (χ0) is 11.4. The summed E-state index contributed by atoms with van der Waals surface area (Å²) in [7, 11) is 0. The molecule has 0 bridgehead atoms. The van der Waals surface area contributed by atoms with Crippen molar-refractivity contribution in [1.82, 2.24) is 0 Å². The first-order valence-electron chi connectivity index (χ1n) is 4.66. The summed E-state index contributed by atoms with van der Waals surface area (Å²) in [4.78, 5) is 0. The molecule has 0 saturated carbocycles. The fraction of sp³-hybridized carbons (Fsp3) is 0.800. The van der Waals surface area contributed by atoms with Crippen molar-refractivity contribution in [2.75, 3.05) is 6.61 Å². The van der Waals surface area contributed by atoms with E-state index in [1.54, 1.807) is 0 Å². The predicted octanol–water partition coefficient (Wildman–Crippen LogP) is -0.192. The first-order valence-corrected chi connectivity index (χ1v) is 4.66. The molecule has 0 aromatic carbocycles. The Labute approximate surface area is 84.5 Å². The molecular formula is C10H20O4. The lowest BCUT2D eigenvalue weighted by Gasteiger charge is -2.25. The van der Waals surface area contributed by atoms with Crippen molar-refractivity contribution in [2.45, 2.75) is 44.5 Å². The van der Waals surface area contributed by atoms with Crippen molar-refractivity contribution in [2.24, 2.45) is 0 Å². The van der Waals surface area contributed by atoms with Crippen LogP contribution in [0.1, 0.15) is 26.7 Å². The van der Waals surface area contributed by atoms with E-state index in [9.17, 15) is 10.2 Å². The molecule has 0 aliphatic rings. The number of hydrogen-bond acceptors (Lipinski definition) is 4. The van der Waals surface area contributed by atoms with Crippen LogP contribution in [-0.2, 0) is 0 Å². The third kappa shape index (κ3) is 4.72. The molecule has 0 fully saturated rings. The number of aliphatic hydroxyl groups is 4. The monoisotopic (exact) mass is 204 g/mol. The van der Waals surface area contributed by atoms with Crippen LogP contribution in [-0.4, -0.2) is 44.8 Å². The normalized spacial score (nSPS) is 16.4. The van der Waals surface area contributed by atoms with Gasteiger partial charge in [-0.1, -0.05) is 6.58 Å². The number of rotatable bonds is 6. The second kappa shape index (κ2) is 5.46. The average Bonchev–Trinajstić information content (AvgIpc) is 2.10. The van der Waals surface area contributed by atoms with Crippen LogP contribution in [0.5, 0.6) is 0 Å². The molecule has 0 saturated heterocycles. The molecule has 14 heavy (non-hydrogen) atoms. The summed E-state index contributed by atoms with van der Waals surface area (Å²) in [6.07, 6.45) is -1.10. The Morgan fingerprint density at radius 1 is 1.36 bits per heavy atom. The highest BCUT2D eigenvalue weighted by Crippen LogP contribution is 2.17. The second-order valence-corrected chi connectivity index (χ2v) is 4.06. The Morgan fingerprint density at radius 2 is 1.86 bits per heavy atom. The van der Waals surface area contributed by atoms with Crippen molar-refractivity contribution >= 4 is 0 Å². The van der Waals surface area contributed by atoms with E-state index in [1.807, 2.05) is 0 Å². The zero-order valence-electron chi connectivity index (χ0n) is 8.77. The smallest absolute Gasteiger partial charge is 0.0978 e. The van der Waals surface area contributed by atoms with Gasteiger partial charge in [-0.05, 0) is 32.3 Å². The topological polar surface area (TPSA) is 80.9 Å². The highest BCUT2D eigenvalue weighted by Gasteiger charge is 2.24. The van der Waals surface area contributed by atoms with Gasteiger partial charge >= 0.3 is 0 Å². The molecule has 0 aliphatic carbocycles. The molecule has 0 aliphatic heterocycles. The molecule has 0 heterocycles. The lowest BCUT2D eigenvalue weighted by Crippen LogP contribution is -2.36. The molecule has 4 heteroatoms. The van der Waals surface area contributed by atoms with Gasteiger partial charge in [0.05, 0.1) is 24.4 Å². The summed E-state index contributed by atoms with van der Waals surface area (Å²) in [5, 5.41) is 36.6. The summed E-state index contributed by atoms with van der Waals surface area (Å²) < 4.78 is 0. The molecule has 2 atom stereocenters. The summed E-state index contributed by atoms with van der Waals surface area (Å²) in [5.74, 6) is 0. The predicted molar refractivity (Wildman–Crippen MR) is 53.8 cm³/mol.